The van der Waals surface area contributed by atoms with Crippen molar-refractivity contribution < 1.29 is 20.1 Å². The summed E-state index contributed by atoms with van der Waals surface area (Å²) in [4.78, 5) is 12.8. The van der Waals surface area contributed by atoms with E-state index in [1.165, 1.54) is 12.7 Å². The summed E-state index contributed by atoms with van der Waals surface area (Å²) in [5.41, 5.74) is 6.53. The molecule has 2 aromatic rings. The molecule has 3 rings (SSSR count). The van der Waals surface area contributed by atoms with E-state index >= 15 is 0 Å². The lowest BCUT2D eigenvalue weighted by molar-refractivity contribution is -0.0511. The molecule has 26 heavy (non-hydrogen) atoms. The van der Waals surface area contributed by atoms with Gasteiger partial charge in [-0.3, -0.25) is 4.57 Å². The number of ether oxygens (including phenoxy) is 1. The second kappa shape index (κ2) is 8.69. The van der Waals surface area contributed by atoms with Crippen LogP contribution in [0.25, 0.3) is 11.2 Å². The number of fused-ring (bicyclic) bond motifs is 1. The summed E-state index contributed by atoms with van der Waals surface area (Å²) in [6.45, 7) is 1.10. The lowest BCUT2D eigenvalue weighted by Crippen LogP contribution is -2.33. The van der Waals surface area contributed by atoms with E-state index in [-0.39, 0.29) is 6.61 Å². The van der Waals surface area contributed by atoms with Gasteiger partial charge in [0.2, 0.25) is 0 Å². The Balaban J connectivity index is 1.71. The molecule has 1 fully saturated rings. The summed E-state index contributed by atoms with van der Waals surface area (Å²) in [6.07, 6.45) is 3.07. The van der Waals surface area contributed by atoms with Gasteiger partial charge >= 0.3 is 0 Å². The van der Waals surface area contributed by atoms with Crippen LogP contribution in [0.4, 0.5) is 5.82 Å². The first-order chi connectivity index (χ1) is 12.7. The summed E-state index contributed by atoms with van der Waals surface area (Å²) >= 11 is 0. The van der Waals surface area contributed by atoms with E-state index in [9.17, 15) is 15.3 Å². The fourth-order valence-electron chi connectivity index (χ4n) is 3.11. The third-order valence-electron chi connectivity index (χ3n) is 4.57. The predicted molar refractivity (Wildman–Crippen MR) is 94.3 cm³/mol. The maximum atomic E-state index is 10.2. The highest BCUT2D eigenvalue weighted by Crippen LogP contribution is 2.32. The Morgan fingerprint density at radius 2 is 1.92 bits per heavy atom. The van der Waals surface area contributed by atoms with Gasteiger partial charge in [0.25, 0.3) is 0 Å². The van der Waals surface area contributed by atoms with Crippen LogP contribution in [-0.2, 0) is 4.74 Å². The van der Waals surface area contributed by atoms with E-state index in [4.69, 9.17) is 10.5 Å². The van der Waals surface area contributed by atoms with Crippen molar-refractivity contribution in [1.82, 2.24) is 19.5 Å². The molecule has 2 aromatic heterocycles. The largest absolute Gasteiger partial charge is 0.394 e. The standard InChI is InChI=1S/C16H26N6O4/c17-5-3-1-2-4-6-18-14-11-15(20-8-19-14)22(9-21-11)16-13(25)12(24)10(7-23)26-16/h8-10,12-13,16,23-25H,1-7,17H2,(H,18,19,20). The second-order valence-corrected chi connectivity index (χ2v) is 6.40. The molecule has 0 saturated carbocycles. The Morgan fingerprint density at radius 3 is 2.65 bits per heavy atom. The van der Waals surface area contributed by atoms with Gasteiger partial charge in [-0.05, 0) is 19.4 Å². The Morgan fingerprint density at radius 1 is 1.12 bits per heavy atom. The number of imidazole rings is 1. The zero-order valence-electron chi connectivity index (χ0n) is 14.5. The smallest absolute Gasteiger partial charge is 0.167 e. The molecule has 0 amide bonds. The summed E-state index contributed by atoms with van der Waals surface area (Å²) in [6, 6.07) is 0. The van der Waals surface area contributed by atoms with Crippen molar-refractivity contribution in [3.63, 3.8) is 0 Å². The summed E-state index contributed by atoms with van der Waals surface area (Å²) in [5, 5.41) is 32.6. The first-order valence-electron chi connectivity index (χ1n) is 8.91. The second-order valence-electron chi connectivity index (χ2n) is 6.40. The molecule has 1 aliphatic heterocycles. The minimum atomic E-state index is -1.18. The van der Waals surface area contributed by atoms with Crippen LogP contribution < -0.4 is 11.1 Å². The molecule has 6 N–H and O–H groups in total. The Labute approximate surface area is 151 Å². The molecule has 144 valence electrons. The molecular formula is C16H26N6O4. The van der Waals surface area contributed by atoms with Crippen molar-refractivity contribution in [3.8, 4) is 0 Å². The van der Waals surface area contributed by atoms with Gasteiger partial charge in [0.1, 0.15) is 24.6 Å². The number of hydrogen-bond donors (Lipinski definition) is 5. The Hall–Kier alpha value is -1.85. The molecule has 1 saturated heterocycles. The van der Waals surface area contributed by atoms with E-state index in [1.807, 2.05) is 0 Å². The van der Waals surface area contributed by atoms with Gasteiger partial charge in [0, 0.05) is 6.54 Å². The first kappa shape index (κ1) is 18.9. The van der Waals surface area contributed by atoms with Crippen molar-refractivity contribution in [2.45, 2.75) is 50.2 Å². The zero-order valence-corrected chi connectivity index (χ0v) is 14.5. The topological polar surface area (TPSA) is 152 Å². The molecule has 10 heteroatoms. The minimum Gasteiger partial charge on any atom is -0.394 e. The predicted octanol–water partition coefficient (Wildman–Crippen LogP) is -0.631. The number of unbranched alkanes of at least 4 members (excludes halogenated alkanes) is 3. The average Bonchev–Trinajstić information content (AvgIpc) is 3.20. The number of nitrogens with two attached hydrogens (primary N) is 1. The van der Waals surface area contributed by atoms with Crippen molar-refractivity contribution in [2.75, 3.05) is 25.0 Å². The fourth-order valence-corrected chi connectivity index (χ4v) is 3.11. The van der Waals surface area contributed by atoms with Crippen LogP contribution in [0.3, 0.4) is 0 Å². The van der Waals surface area contributed by atoms with Gasteiger partial charge in [-0.15, -0.1) is 0 Å². The van der Waals surface area contributed by atoms with Crippen molar-refractivity contribution in [3.05, 3.63) is 12.7 Å². The van der Waals surface area contributed by atoms with Crippen LogP contribution >= 0.6 is 0 Å². The fraction of sp³-hybridized carbons (Fsp3) is 0.688. The maximum absolute atomic E-state index is 10.2. The summed E-state index contributed by atoms with van der Waals surface area (Å²) < 4.78 is 7.09. The lowest BCUT2D eigenvalue weighted by atomic mass is 10.1. The number of anilines is 1. The number of rotatable bonds is 9. The van der Waals surface area contributed by atoms with Crippen molar-refractivity contribution in [1.29, 1.82) is 0 Å². The number of hydrogen-bond acceptors (Lipinski definition) is 9. The van der Waals surface area contributed by atoms with Crippen LogP contribution in [0.5, 0.6) is 0 Å². The van der Waals surface area contributed by atoms with E-state index < -0.39 is 24.5 Å². The van der Waals surface area contributed by atoms with Gasteiger partial charge in [0.05, 0.1) is 12.9 Å². The van der Waals surface area contributed by atoms with Crippen molar-refractivity contribution in [2.24, 2.45) is 5.73 Å². The third kappa shape index (κ3) is 3.79. The molecule has 4 unspecified atom stereocenters. The molecule has 0 aliphatic carbocycles. The zero-order chi connectivity index (χ0) is 18.5. The van der Waals surface area contributed by atoms with E-state index in [2.05, 4.69) is 20.3 Å². The quantitative estimate of drug-likeness (QED) is 0.365. The molecule has 0 bridgehead atoms. The van der Waals surface area contributed by atoms with E-state index in [1.54, 1.807) is 4.57 Å². The Bertz CT molecular complexity index is 711. The average molecular weight is 366 g/mol. The minimum absolute atomic E-state index is 0.382. The lowest BCUT2D eigenvalue weighted by Gasteiger charge is -2.16. The molecular weight excluding hydrogens is 340 g/mol. The number of aliphatic hydroxyl groups is 3. The molecule has 1 aliphatic rings. The number of nitrogens with one attached hydrogen (secondary N) is 1. The van der Waals surface area contributed by atoms with Gasteiger partial charge in [-0.1, -0.05) is 12.8 Å². The monoisotopic (exact) mass is 366 g/mol. The van der Waals surface area contributed by atoms with Gasteiger partial charge in [-0.2, -0.15) is 0 Å². The highest BCUT2D eigenvalue weighted by Gasteiger charge is 2.44. The van der Waals surface area contributed by atoms with Crippen LogP contribution in [-0.4, -0.2) is 72.8 Å². The van der Waals surface area contributed by atoms with Crippen LogP contribution in [0.2, 0.25) is 0 Å². The van der Waals surface area contributed by atoms with Crippen LogP contribution in [0.15, 0.2) is 12.7 Å². The van der Waals surface area contributed by atoms with Crippen molar-refractivity contribution >= 4 is 17.0 Å². The van der Waals surface area contributed by atoms with Gasteiger partial charge in [0.15, 0.2) is 23.2 Å². The normalized spacial score (nSPS) is 25.8. The number of aliphatic hydroxyl groups excluding tert-OH is 3. The van der Waals surface area contributed by atoms with Gasteiger partial charge < -0.3 is 31.1 Å². The molecule has 0 spiro atoms. The molecule has 4 atom stereocenters. The SMILES string of the molecule is NCCCCCCNc1ncnc2c1ncn2C1OC(CO)C(O)C1O. The number of nitrogens with zero attached hydrogens (tertiary/aromatic N) is 4. The highest BCUT2D eigenvalue weighted by atomic mass is 16.6. The van der Waals surface area contributed by atoms with E-state index in [0.29, 0.717) is 17.0 Å². The van der Waals surface area contributed by atoms with Crippen LogP contribution in [0.1, 0.15) is 31.9 Å². The maximum Gasteiger partial charge on any atom is 0.167 e. The summed E-state index contributed by atoms with van der Waals surface area (Å²) in [5.74, 6) is 0.610. The molecule has 0 radical (unpaired) electrons. The van der Waals surface area contributed by atoms with E-state index in [0.717, 1.165) is 38.8 Å². The summed E-state index contributed by atoms with van der Waals surface area (Å²) in [7, 11) is 0. The Kier molecular flexibility index (Phi) is 6.33. The highest BCUT2D eigenvalue weighted by molar-refractivity contribution is 5.82. The number of aromatic nitrogens is 4. The first-order valence-corrected chi connectivity index (χ1v) is 8.91. The third-order valence-corrected chi connectivity index (χ3v) is 4.57. The molecule has 10 nitrogen and oxygen atoms in total. The van der Waals surface area contributed by atoms with Crippen LogP contribution in [0, 0.1) is 0 Å². The molecule has 3 heterocycles. The molecule has 0 aromatic carbocycles. The van der Waals surface area contributed by atoms with Gasteiger partial charge in [-0.25, -0.2) is 15.0 Å².